The van der Waals surface area contributed by atoms with Gasteiger partial charge in [-0.15, -0.1) is 0 Å². The van der Waals surface area contributed by atoms with Crippen molar-refractivity contribution in [2.45, 2.75) is 83.8 Å². The molecule has 1 unspecified atom stereocenters. The Kier molecular flexibility index (Phi) is 6.47. The first kappa shape index (κ1) is 22.0. The molecule has 2 aromatic rings. The first-order valence-electron chi connectivity index (χ1n) is 11.1. The third-order valence-electron chi connectivity index (χ3n) is 6.89. The Labute approximate surface area is 178 Å². The van der Waals surface area contributed by atoms with Crippen LogP contribution < -0.4 is 9.16 Å². The number of benzene rings is 2. The third kappa shape index (κ3) is 4.88. The fourth-order valence-corrected chi connectivity index (χ4v) is 5.12. The van der Waals surface area contributed by atoms with E-state index in [9.17, 15) is 0 Å². The van der Waals surface area contributed by atoms with Crippen LogP contribution in [0.3, 0.4) is 0 Å². The summed E-state index contributed by atoms with van der Waals surface area (Å²) in [6, 6.07) is 13.5. The number of hydrogen-bond donors (Lipinski definition) is 0. The van der Waals surface area contributed by atoms with E-state index in [4.69, 9.17) is 9.16 Å². The highest BCUT2D eigenvalue weighted by Crippen LogP contribution is 2.40. The molecule has 0 radical (unpaired) electrons. The molecule has 0 saturated carbocycles. The summed E-state index contributed by atoms with van der Waals surface area (Å²) >= 11 is 0. The molecule has 0 amide bonds. The van der Waals surface area contributed by atoms with E-state index in [0.717, 1.165) is 37.2 Å². The molecule has 0 aromatic heterocycles. The minimum atomic E-state index is -1.79. The van der Waals surface area contributed by atoms with Crippen molar-refractivity contribution in [2.75, 3.05) is 7.11 Å². The highest BCUT2D eigenvalue weighted by Gasteiger charge is 2.39. The van der Waals surface area contributed by atoms with Gasteiger partial charge in [0, 0.05) is 0 Å². The second-order valence-corrected chi connectivity index (χ2v) is 14.8. The molecule has 158 valence electrons. The monoisotopic (exact) mass is 410 g/mol. The second kappa shape index (κ2) is 8.55. The van der Waals surface area contributed by atoms with Gasteiger partial charge in [-0.3, -0.25) is 0 Å². The van der Waals surface area contributed by atoms with Gasteiger partial charge >= 0.3 is 0 Å². The molecule has 1 aliphatic rings. The van der Waals surface area contributed by atoms with E-state index in [1.165, 1.54) is 28.7 Å². The molecule has 0 bridgehead atoms. The maximum Gasteiger partial charge on any atom is 0.250 e. The van der Waals surface area contributed by atoms with Gasteiger partial charge in [0.25, 0.3) is 0 Å². The minimum absolute atomic E-state index is 0.220. The van der Waals surface area contributed by atoms with Gasteiger partial charge in [0.2, 0.25) is 8.32 Å². The SMILES string of the molecule is CCCc1cc(OC)ccc1C1CCc2cc(O[Si](C)(C)C(C)(C)C)ccc2C1. The summed E-state index contributed by atoms with van der Waals surface area (Å²) in [5.74, 6) is 2.63. The first-order valence-corrected chi connectivity index (χ1v) is 14.0. The van der Waals surface area contributed by atoms with Crippen molar-refractivity contribution in [1.29, 1.82) is 0 Å². The zero-order valence-corrected chi connectivity index (χ0v) is 20.4. The first-order chi connectivity index (χ1) is 13.6. The molecule has 0 spiro atoms. The van der Waals surface area contributed by atoms with E-state index in [2.05, 4.69) is 77.2 Å². The van der Waals surface area contributed by atoms with Crippen LogP contribution in [-0.2, 0) is 19.3 Å². The van der Waals surface area contributed by atoms with E-state index < -0.39 is 8.32 Å². The standard InChI is InChI=1S/C26H38O2Si/c1-8-9-21-18-23(27-5)14-15-25(21)22-11-10-20-17-24(13-12-19(20)16-22)28-29(6,7)26(2,3)4/h12-15,17-18,22H,8-11,16H2,1-7H3. The van der Waals surface area contributed by atoms with Crippen molar-refractivity contribution in [3.63, 3.8) is 0 Å². The maximum absolute atomic E-state index is 6.55. The summed E-state index contributed by atoms with van der Waals surface area (Å²) in [4.78, 5) is 0. The molecule has 1 atom stereocenters. The summed E-state index contributed by atoms with van der Waals surface area (Å²) < 4.78 is 12.0. The second-order valence-electron chi connectivity index (χ2n) is 10.0. The predicted octanol–water partition coefficient (Wildman–Crippen LogP) is 7.30. The molecule has 0 N–H and O–H groups in total. The fourth-order valence-electron chi connectivity index (χ4n) is 4.10. The van der Waals surface area contributed by atoms with Crippen molar-refractivity contribution in [1.82, 2.24) is 0 Å². The Bertz CT molecular complexity index is 848. The van der Waals surface area contributed by atoms with Gasteiger partial charge in [0.15, 0.2) is 0 Å². The number of ether oxygens (including phenoxy) is 1. The molecule has 2 nitrogen and oxygen atoms in total. The van der Waals surface area contributed by atoms with E-state index in [-0.39, 0.29) is 5.04 Å². The van der Waals surface area contributed by atoms with Crippen LogP contribution in [0.15, 0.2) is 36.4 Å². The number of rotatable bonds is 6. The zero-order valence-electron chi connectivity index (χ0n) is 19.4. The van der Waals surface area contributed by atoms with Gasteiger partial charge in [-0.2, -0.15) is 0 Å². The lowest BCUT2D eigenvalue weighted by molar-refractivity contribution is 0.413. The molecule has 2 aromatic carbocycles. The van der Waals surface area contributed by atoms with Gasteiger partial charge in [-0.25, -0.2) is 0 Å². The molecule has 3 heteroatoms. The quantitative estimate of drug-likeness (QED) is 0.465. The summed E-state index contributed by atoms with van der Waals surface area (Å²) in [6.07, 6.45) is 5.75. The van der Waals surface area contributed by atoms with Crippen molar-refractivity contribution < 1.29 is 9.16 Å². The summed E-state index contributed by atoms with van der Waals surface area (Å²) in [5.41, 5.74) is 5.93. The van der Waals surface area contributed by atoms with Crippen LogP contribution in [0, 0.1) is 0 Å². The Hall–Kier alpha value is -1.74. The summed E-state index contributed by atoms with van der Waals surface area (Å²) in [6.45, 7) is 13.8. The largest absolute Gasteiger partial charge is 0.543 e. The van der Waals surface area contributed by atoms with E-state index in [0.29, 0.717) is 5.92 Å². The molecule has 0 heterocycles. The minimum Gasteiger partial charge on any atom is -0.543 e. The fraction of sp³-hybridized carbons (Fsp3) is 0.538. The van der Waals surface area contributed by atoms with Gasteiger partial charge in [0.1, 0.15) is 11.5 Å². The van der Waals surface area contributed by atoms with Crippen LogP contribution >= 0.6 is 0 Å². The van der Waals surface area contributed by atoms with E-state index in [1.54, 1.807) is 7.11 Å². The average molecular weight is 411 g/mol. The van der Waals surface area contributed by atoms with Gasteiger partial charge in [-0.1, -0.05) is 46.2 Å². The van der Waals surface area contributed by atoms with E-state index >= 15 is 0 Å². The van der Waals surface area contributed by atoms with Crippen LogP contribution in [0.1, 0.15) is 68.7 Å². The number of fused-ring (bicyclic) bond motifs is 1. The Balaban J connectivity index is 1.81. The van der Waals surface area contributed by atoms with Gasteiger partial charge in [-0.05, 0) is 96.3 Å². The topological polar surface area (TPSA) is 18.5 Å². The molecule has 3 rings (SSSR count). The molecular formula is C26H38O2Si. The Morgan fingerprint density at radius 1 is 1.00 bits per heavy atom. The average Bonchev–Trinajstić information content (AvgIpc) is 2.66. The summed E-state index contributed by atoms with van der Waals surface area (Å²) in [5, 5.41) is 0.220. The van der Waals surface area contributed by atoms with Gasteiger partial charge < -0.3 is 9.16 Å². The van der Waals surface area contributed by atoms with Crippen LogP contribution in [0.2, 0.25) is 18.1 Å². The number of methoxy groups -OCH3 is 1. The van der Waals surface area contributed by atoms with Crippen molar-refractivity contribution in [2.24, 2.45) is 0 Å². The summed E-state index contributed by atoms with van der Waals surface area (Å²) in [7, 11) is -0.0397. The maximum atomic E-state index is 6.55. The van der Waals surface area contributed by atoms with Crippen LogP contribution in [0.25, 0.3) is 0 Å². The highest BCUT2D eigenvalue weighted by molar-refractivity contribution is 6.74. The zero-order chi connectivity index (χ0) is 21.2. The molecule has 0 saturated heterocycles. The lowest BCUT2D eigenvalue weighted by Crippen LogP contribution is -2.43. The lowest BCUT2D eigenvalue weighted by Gasteiger charge is -2.37. The predicted molar refractivity (Wildman–Crippen MR) is 126 cm³/mol. The highest BCUT2D eigenvalue weighted by atomic mass is 28.4. The van der Waals surface area contributed by atoms with Crippen LogP contribution in [0.5, 0.6) is 11.5 Å². The van der Waals surface area contributed by atoms with Gasteiger partial charge in [0.05, 0.1) is 7.11 Å². The molecular weight excluding hydrogens is 372 g/mol. The van der Waals surface area contributed by atoms with Crippen molar-refractivity contribution in [3.8, 4) is 11.5 Å². The number of aryl methyl sites for hydroxylation is 2. The van der Waals surface area contributed by atoms with Crippen molar-refractivity contribution >= 4 is 8.32 Å². The lowest BCUT2D eigenvalue weighted by atomic mass is 9.78. The van der Waals surface area contributed by atoms with E-state index in [1.807, 2.05) is 0 Å². The molecule has 0 fully saturated rings. The normalized spacial score (nSPS) is 17.0. The molecule has 0 aliphatic heterocycles. The molecule has 29 heavy (non-hydrogen) atoms. The Morgan fingerprint density at radius 3 is 2.38 bits per heavy atom. The van der Waals surface area contributed by atoms with Crippen LogP contribution in [0.4, 0.5) is 0 Å². The third-order valence-corrected chi connectivity index (χ3v) is 11.3. The molecule has 1 aliphatic carbocycles. The Morgan fingerprint density at radius 2 is 1.72 bits per heavy atom. The van der Waals surface area contributed by atoms with Crippen molar-refractivity contribution in [3.05, 3.63) is 58.7 Å². The number of hydrogen-bond acceptors (Lipinski definition) is 2. The smallest absolute Gasteiger partial charge is 0.250 e. The van der Waals surface area contributed by atoms with Crippen LogP contribution in [-0.4, -0.2) is 15.4 Å².